The zero-order valence-electron chi connectivity index (χ0n) is 11.5. The molecule has 0 amide bonds. The lowest BCUT2D eigenvalue weighted by molar-refractivity contribution is -0.135. The summed E-state index contributed by atoms with van der Waals surface area (Å²) in [6.45, 7) is -0.566. The van der Waals surface area contributed by atoms with Crippen LogP contribution in [0.5, 0.6) is 0 Å². The summed E-state index contributed by atoms with van der Waals surface area (Å²) in [7, 11) is -1.57. The largest absolute Gasteiger partial charge is 0.390 e. The van der Waals surface area contributed by atoms with Crippen LogP contribution in [0, 0.1) is 5.82 Å². The summed E-state index contributed by atoms with van der Waals surface area (Å²) < 4.78 is 74.9. The third kappa shape index (κ3) is 4.94. The molecule has 1 aromatic carbocycles. The highest BCUT2D eigenvalue weighted by Gasteiger charge is 2.31. The Morgan fingerprint density at radius 3 is 2.43 bits per heavy atom. The first-order valence-corrected chi connectivity index (χ1v) is 7.48. The summed E-state index contributed by atoms with van der Waals surface area (Å²) in [5, 5.41) is 2.73. The van der Waals surface area contributed by atoms with Gasteiger partial charge in [0.05, 0.1) is 11.3 Å². The molecule has 0 bridgehead atoms. The Balaban J connectivity index is 3.09. The summed E-state index contributed by atoms with van der Waals surface area (Å²) in [4.78, 5) is -0.332. The van der Waals surface area contributed by atoms with Gasteiger partial charge in [0, 0.05) is 20.1 Å². The third-order valence-corrected chi connectivity index (χ3v) is 4.73. The van der Waals surface area contributed by atoms with E-state index in [2.05, 4.69) is 5.32 Å². The van der Waals surface area contributed by atoms with E-state index in [0.29, 0.717) is 4.31 Å². The molecule has 0 aromatic heterocycles. The maximum absolute atomic E-state index is 13.3. The van der Waals surface area contributed by atoms with Crippen LogP contribution in [0.1, 0.15) is 12.0 Å². The van der Waals surface area contributed by atoms with Crippen molar-refractivity contribution < 1.29 is 26.0 Å². The van der Waals surface area contributed by atoms with Gasteiger partial charge in [-0.2, -0.15) is 13.2 Å². The fourth-order valence-corrected chi connectivity index (χ4v) is 3.08. The minimum Gasteiger partial charge on any atom is -0.316 e. The molecule has 0 fully saturated rings. The Morgan fingerprint density at radius 1 is 1.29 bits per heavy atom. The molecule has 0 aliphatic rings. The van der Waals surface area contributed by atoms with Gasteiger partial charge in [0.25, 0.3) is 0 Å². The molecule has 0 saturated carbocycles. The van der Waals surface area contributed by atoms with E-state index in [-0.39, 0.29) is 17.0 Å². The molecular formula is C12H16F4N2O2S. The second kappa shape index (κ2) is 6.71. The van der Waals surface area contributed by atoms with Gasteiger partial charge in [-0.1, -0.05) is 6.07 Å². The molecule has 4 nitrogen and oxygen atoms in total. The molecule has 0 atom stereocenters. The number of rotatable bonds is 6. The molecule has 0 radical (unpaired) electrons. The zero-order valence-corrected chi connectivity index (χ0v) is 12.4. The summed E-state index contributed by atoms with van der Waals surface area (Å²) in [6, 6.07) is 3.20. The summed E-state index contributed by atoms with van der Waals surface area (Å²) in [5.74, 6) is -0.766. The second-order valence-electron chi connectivity index (χ2n) is 4.47. The molecule has 21 heavy (non-hydrogen) atoms. The molecule has 0 unspecified atom stereocenters. The Bertz CT molecular complexity index is 587. The topological polar surface area (TPSA) is 49.4 Å². The molecule has 0 saturated heterocycles. The zero-order chi connectivity index (χ0) is 16.3. The molecule has 0 spiro atoms. The lowest BCUT2D eigenvalue weighted by Gasteiger charge is -2.20. The van der Waals surface area contributed by atoms with Gasteiger partial charge < -0.3 is 5.32 Å². The van der Waals surface area contributed by atoms with Gasteiger partial charge in [-0.25, -0.2) is 17.1 Å². The molecule has 120 valence electrons. The molecule has 9 heteroatoms. The molecule has 0 aliphatic heterocycles. The van der Waals surface area contributed by atoms with Gasteiger partial charge in [0.1, 0.15) is 5.82 Å². The molecule has 1 rings (SSSR count). The Labute approximate surface area is 120 Å². The van der Waals surface area contributed by atoms with Crippen molar-refractivity contribution in [3.8, 4) is 0 Å². The van der Waals surface area contributed by atoms with Crippen LogP contribution in [0.2, 0.25) is 0 Å². The smallest absolute Gasteiger partial charge is 0.316 e. The first-order valence-electron chi connectivity index (χ1n) is 6.04. The Hall–Kier alpha value is -1.19. The summed E-state index contributed by atoms with van der Waals surface area (Å²) in [5.41, 5.74) is 0.290. The highest BCUT2D eigenvalue weighted by atomic mass is 32.2. The highest BCUT2D eigenvalue weighted by Crippen LogP contribution is 2.24. The predicted molar refractivity (Wildman–Crippen MR) is 69.7 cm³/mol. The van der Waals surface area contributed by atoms with Crippen molar-refractivity contribution in [1.82, 2.24) is 9.62 Å². The van der Waals surface area contributed by atoms with E-state index in [1.165, 1.54) is 6.07 Å². The van der Waals surface area contributed by atoms with Crippen molar-refractivity contribution in [1.29, 1.82) is 0 Å². The van der Waals surface area contributed by atoms with Crippen LogP contribution in [0.15, 0.2) is 23.1 Å². The third-order valence-electron chi connectivity index (χ3n) is 2.79. The van der Waals surface area contributed by atoms with E-state index >= 15 is 0 Å². The quantitative estimate of drug-likeness (QED) is 0.814. The summed E-state index contributed by atoms with van der Waals surface area (Å²) in [6.07, 6.45) is -5.72. The van der Waals surface area contributed by atoms with Gasteiger partial charge in [0.2, 0.25) is 10.0 Å². The lowest BCUT2D eigenvalue weighted by atomic mass is 10.2. The van der Waals surface area contributed by atoms with E-state index < -0.39 is 35.0 Å². The summed E-state index contributed by atoms with van der Waals surface area (Å²) >= 11 is 0. The maximum Gasteiger partial charge on any atom is 0.390 e. The van der Waals surface area contributed by atoms with Crippen molar-refractivity contribution in [2.45, 2.75) is 24.0 Å². The number of nitrogens with one attached hydrogen (secondary N) is 1. The fourth-order valence-electron chi connectivity index (χ4n) is 1.68. The van der Waals surface area contributed by atoms with Gasteiger partial charge in [-0.05, 0) is 24.7 Å². The van der Waals surface area contributed by atoms with E-state index in [4.69, 9.17) is 0 Å². The number of hydrogen-bond acceptors (Lipinski definition) is 3. The van der Waals surface area contributed by atoms with Crippen LogP contribution in [-0.4, -0.2) is 39.5 Å². The van der Waals surface area contributed by atoms with Crippen molar-refractivity contribution in [2.75, 3.05) is 20.6 Å². The Kier molecular flexibility index (Phi) is 5.71. The van der Waals surface area contributed by atoms with Crippen LogP contribution >= 0.6 is 0 Å². The first kappa shape index (κ1) is 17.9. The molecular weight excluding hydrogens is 312 g/mol. The van der Waals surface area contributed by atoms with Gasteiger partial charge in [-0.3, -0.25) is 0 Å². The van der Waals surface area contributed by atoms with Crippen LogP contribution in [0.3, 0.4) is 0 Å². The standard InChI is InChI=1S/C12H16F4N2O2S/c1-17-8-9-3-4-10(13)7-11(9)21(19,20)18(2)6-5-12(14,15)16/h3-4,7,17H,5-6,8H2,1-2H3. The molecule has 1 aromatic rings. The number of sulfonamides is 1. The van der Waals surface area contributed by atoms with Crippen molar-refractivity contribution in [3.63, 3.8) is 0 Å². The minimum absolute atomic E-state index is 0.155. The van der Waals surface area contributed by atoms with E-state index in [0.717, 1.165) is 19.2 Å². The second-order valence-corrected chi connectivity index (χ2v) is 6.49. The molecule has 0 aliphatic carbocycles. The lowest BCUT2D eigenvalue weighted by Crippen LogP contribution is -2.31. The SMILES string of the molecule is CNCc1ccc(F)cc1S(=O)(=O)N(C)CCC(F)(F)F. The number of hydrogen-bond donors (Lipinski definition) is 1. The minimum atomic E-state index is -4.46. The average Bonchev–Trinajstić information content (AvgIpc) is 2.37. The number of benzene rings is 1. The van der Waals surface area contributed by atoms with Gasteiger partial charge in [-0.15, -0.1) is 0 Å². The van der Waals surface area contributed by atoms with Crippen LogP contribution in [-0.2, 0) is 16.6 Å². The number of nitrogens with zero attached hydrogens (tertiary/aromatic N) is 1. The Morgan fingerprint density at radius 2 is 1.90 bits per heavy atom. The van der Waals surface area contributed by atoms with Crippen LogP contribution in [0.4, 0.5) is 17.6 Å². The number of halogens is 4. The predicted octanol–water partition coefficient (Wildman–Crippen LogP) is 2.12. The van der Waals surface area contributed by atoms with E-state index in [1.54, 1.807) is 7.05 Å². The highest BCUT2D eigenvalue weighted by molar-refractivity contribution is 7.89. The average molecular weight is 328 g/mol. The van der Waals surface area contributed by atoms with Crippen molar-refractivity contribution >= 4 is 10.0 Å². The van der Waals surface area contributed by atoms with E-state index in [1.807, 2.05) is 0 Å². The maximum atomic E-state index is 13.3. The van der Waals surface area contributed by atoms with Crippen molar-refractivity contribution in [3.05, 3.63) is 29.6 Å². The normalized spacial score (nSPS) is 12.9. The van der Waals surface area contributed by atoms with Crippen LogP contribution in [0.25, 0.3) is 0 Å². The fraction of sp³-hybridized carbons (Fsp3) is 0.500. The van der Waals surface area contributed by atoms with E-state index in [9.17, 15) is 26.0 Å². The molecule has 1 N–H and O–H groups in total. The first-order chi connectivity index (χ1) is 9.58. The monoisotopic (exact) mass is 328 g/mol. The van der Waals surface area contributed by atoms with Gasteiger partial charge in [0.15, 0.2) is 0 Å². The van der Waals surface area contributed by atoms with Crippen molar-refractivity contribution in [2.24, 2.45) is 0 Å². The van der Waals surface area contributed by atoms with Crippen LogP contribution < -0.4 is 5.32 Å². The molecule has 0 heterocycles. The number of alkyl halides is 3. The van der Waals surface area contributed by atoms with Gasteiger partial charge >= 0.3 is 6.18 Å².